The lowest BCUT2D eigenvalue weighted by atomic mass is 10.2. The number of hydrogen-bond donors (Lipinski definition) is 1. The van der Waals surface area contributed by atoms with Gasteiger partial charge in [0.05, 0.1) is 27.8 Å². The molecule has 3 rings (SSSR count). The number of nitrogens with one attached hydrogen (secondary N) is 1. The molecule has 1 N–H and O–H groups in total. The van der Waals surface area contributed by atoms with Crippen LogP contribution >= 0.6 is 23.8 Å². The van der Waals surface area contributed by atoms with Gasteiger partial charge in [-0.15, -0.1) is 0 Å². The van der Waals surface area contributed by atoms with E-state index in [-0.39, 0.29) is 6.04 Å². The zero-order valence-electron chi connectivity index (χ0n) is 10.3. The molecule has 0 amide bonds. The van der Waals surface area contributed by atoms with E-state index in [1.54, 1.807) is 6.20 Å². The summed E-state index contributed by atoms with van der Waals surface area (Å²) in [4.78, 5) is 7.57. The zero-order chi connectivity index (χ0) is 13.4. The van der Waals surface area contributed by atoms with Gasteiger partial charge in [-0.3, -0.25) is 4.98 Å². The molecule has 0 aliphatic carbocycles. The molecule has 19 heavy (non-hydrogen) atoms. The molecule has 1 aromatic carbocycles. The molecule has 3 aromatic rings. The Labute approximate surface area is 120 Å². The van der Waals surface area contributed by atoms with Gasteiger partial charge in [-0.25, -0.2) is 0 Å². The predicted molar refractivity (Wildman–Crippen MR) is 80.2 cm³/mol. The summed E-state index contributed by atoms with van der Waals surface area (Å²) >= 11 is 11.7. The third-order valence-corrected chi connectivity index (χ3v) is 3.79. The summed E-state index contributed by atoms with van der Waals surface area (Å²) in [5, 5.41) is 0.688. The highest BCUT2D eigenvalue weighted by molar-refractivity contribution is 7.71. The highest BCUT2D eigenvalue weighted by Crippen LogP contribution is 2.28. The summed E-state index contributed by atoms with van der Waals surface area (Å²) in [6.45, 7) is 2.06. The standard InChI is InChI=1S/C14H12ClN3S/c1-9(11-6-2-3-8-16-11)18-13-10(15)5-4-7-12(13)17-14(18)19/h2-9H,1H3,(H,17,19). The number of rotatable bonds is 2. The molecule has 0 aliphatic heterocycles. The van der Waals surface area contributed by atoms with Crippen molar-refractivity contribution in [1.29, 1.82) is 0 Å². The Morgan fingerprint density at radius 2 is 2.11 bits per heavy atom. The van der Waals surface area contributed by atoms with Gasteiger partial charge in [0, 0.05) is 6.20 Å². The van der Waals surface area contributed by atoms with Crippen LogP contribution in [0, 0.1) is 4.77 Å². The number of fused-ring (bicyclic) bond motifs is 1. The molecule has 0 spiro atoms. The largest absolute Gasteiger partial charge is 0.331 e. The molecule has 1 unspecified atom stereocenters. The molecule has 5 heteroatoms. The smallest absolute Gasteiger partial charge is 0.178 e. The van der Waals surface area contributed by atoms with Gasteiger partial charge in [0.1, 0.15) is 0 Å². The van der Waals surface area contributed by atoms with Gasteiger partial charge in [-0.1, -0.05) is 23.7 Å². The third-order valence-electron chi connectivity index (χ3n) is 3.19. The highest BCUT2D eigenvalue weighted by atomic mass is 35.5. The number of imidazole rings is 1. The summed E-state index contributed by atoms with van der Waals surface area (Å²) in [6.07, 6.45) is 1.78. The van der Waals surface area contributed by atoms with Crippen molar-refractivity contribution in [2.45, 2.75) is 13.0 Å². The predicted octanol–water partition coefficient (Wildman–Crippen LogP) is 4.36. The van der Waals surface area contributed by atoms with Crippen LogP contribution in [0.25, 0.3) is 11.0 Å². The molecule has 2 aromatic heterocycles. The quantitative estimate of drug-likeness (QED) is 0.711. The Kier molecular flexibility index (Phi) is 3.12. The van der Waals surface area contributed by atoms with Crippen molar-refractivity contribution in [3.05, 3.63) is 58.1 Å². The number of hydrogen-bond acceptors (Lipinski definition) is 2. The van der Waals surface area contributed by atoms with E-state index >= 15 is 0 Å². The lowest BCUT2D eigenvalue weighted by Crippen LogP contribution is -2.08. The summed E-state index contributed by atoms with van der Waals surface area (Å²) in [7, 11) is 0. The minimum absolute atomic E-state index is 0.0300. The van der Waals surface area contributed by atoms with E-state index in [4.69, 9.17) is 23.8 Å². The maximum absolute atomic E-state index is 6.30. The molecule has 3 nitrogen and oxygen atoms in total. The van der Waals surface area contributed by atoms with Crippen molar-refractivity contribution in [1.82, 2.24) is 14.5 Å². The molecule has 0 aliphatic rings. The topological polar surface area (TPSA) is 33.6 Å². The minimum atomic E-state index is 0.0300. The average molecular weight is 290 g/mol. The lowest BCUT2D eigenvalue weighted by molar-refractivity contribution is 0.630. The maximum Gasteiger partial charge on any atom is 0.178 e. The first-order valence-corrected chi connectivity index (χ1v) is 6.77. The number of aromatic amines is 1. The van der Waals surface area contributed by atoms with Crippen molar-refractivity contribution < 1.29 is 0 Å². The Balaban J connectivity index is 2.26. The molecular weight excluding hydrogens is 278 g/mol. The van der Waals surface area contributed by atoms with Crippen LogP contribution < -0.4 is 0 Å². The van der Waals surface area contributed by atoms with E-state index in [1.807, 2.05) is 41.0 Å². The van der Waals surface area contributed by atoms with Gasteiger partial charge in [-0.2, -0.15) is 0 Å². The molecule has 0 saturated heterocycles. The van der Waals surface area contributed by atoms with Crippen molar-refractivity contribution >= 4 is 34.9 Å². The molecule has 0 fully saturated rings. The van der Waals surface area contributed by atoms with Crippen LogP contribution in [0.2, 0.25) is 5.02 Å². The van der Waals surface area contributed by atoms with Crippen LogP contribution in [0.15, 0.2) is 42.6 Å². The number of halogens is 1. The fourth-order valence-electron chi connectivity index (χ4n) is 2.26. The van der Waals surface area contributed by atoms with Crippen LogP contribution in [0.5, 0.6) is 0 Å². The second-order valence-electron chi connectivity index (χ2n) is 4.37. The fraction of sp³-hybridized carbons (Fsp3) is 0.143. The minimum Gasteiger partial charge on any atom is -0.331 e. The zero-order valence-corrected chi connectivity index (χ0v) is 11.9. The van der Waals surface area contributed by atoms with Crippen LogP contribution in [0.3, 0.4) is 0 Å². The molecular formula is C14H12ClN3S. The first kappa shape index (κ1) is 12.4. The van der Waals surface area contributed by atoms with Crippen molar-refractivity contribution in [2.24, 2.45) is 0 Å². The highest BCUT2D eigenvalue weighted by Gasteiger charge is 2.15. The number of pyridine rings is 1. The second-order valence-corrected chi connectivity index (χ2v) is 5.16. The average Bonchev–Trinajstić information content (AvgIpc) is 2.76. The molecule has 96 valence electrons. The first-order valence-electron chi connectivity index (χ1n) is 5.98. The fourth-order valence-corrected chi connectivity index (χ4v) is 2.89. The SMILES string of the molecule is CC(c1ccccn1)n1c(=S)[nH]c2cccc(Cl)c21. The molecule has 0 radical (unpaired) electrons. The van der Waals surface area contributed by atoms with Crippen molar-refractivity contribution in [2.75, 3.05) is 0 Å². The summed E-state index contributed by atoms with van der Waals surface area (Å²) in [5.41, 5.74) is 2.83. The third kappa shape index (κ3) is 2.07. The summed E-state index contributed by atoms with van der Waals surface area (Å²) < 4.78 is 2.66. The summed E-state index contributed by atoms with van der Waals surface area (Å²) in [5.74, 6) is 0. The Morgan fingerprint density at radius 3 is 2.84 bits per heavy atom. The number of para-hydroxylation sites is 1. The van der Waals surface area contributed by atoms with E-state index in [0.717, 1.165) is 16.7 Å². The van der Waals surface area contributed by atoms with Crippen LogP contribution in [-0.2, 0) is 0 Å². The number of nitrogens with zero attached hydrogens (tertiary/aromatic N) is 2. The number of aromatic nitrogens is 3. The van der Waals surface area contributed by atoms with Crippen LogP contribution in [0.4, 0.5) is 0 Å². The Morgan fingerprint density at radius 1 is 1.26 bits per heavy atom. The maximum atomic E-state index is 6.30. The van der Waals surface area contributed by atoms with Gasteiger partial charge in [0.25, 0.3) is 0 Å². The van der Waals surface area contributed by atoms with Gasteiger partial charge >= 0.3 is 0 Å². The van der Waals surface area contributed by atoms with Crippen molar-refractivity contribution in [3.8, 4) is 0 Å². The monoisotopic (exact) mass is 289 g/mol. The Hall–Kier alpha value is -1.65. The second kappa shape index (κ2) is 4.79. The van der Waals surface area contributed by atoms with E-state index in [1.165, 1.54) is 0 Å². The lowest BCUT2D eigenvalue weighted by Gasteiger charge is -2.14. The molecule has 1 atom stereocenters. The number of H-pyrrole nitrogens is 1. The van der Waals surface area contributed by atoms with E-state index in [9.17, 15) is 0 Å². The van der Waals surface area contributed by atoms with Gasteiger partial charge in [0.15, 0.2) is 4.77 Å². The van der Waals surface area contributed by atoms with Crippen LogP contribution in [0.1, 0.15) is 18.7 Å². The number of benzene rings is 1. The van der Waals surface area contributed by atoms with Gasteiger partial charge < -0.3 is 9.55 Å². The van der Waals surface area contributed by atoms with Gasteiger partial charge in [-0.05, 0) is 43.4 Å². The van der Waals surface area contributed by atoms with Crippen molar-refractivity contribution in [3.63, 3.8) is 0 Å². The van der Waals surface area contributed by atoms with Crippen LogP contribution in [-0.4, -0.2) is 14.5 Å². The Bertz CT molecular complexity index is 776. The first-order chi connectivity index (χ1) is 9.18. The molecule has 0 bridgehead atoms. The summed E-state index contributed by atoms with van der Waals surface area (Å²) in [6, 6.07) is 11.6. The molecule has 0 saturated carbocycles. The molecule has 2 heterocycles. The normalized spacial score (nSPS) is 12.7. The van der Waals surface area contributed by atoms with E-state index in [2.05, 4.69) is 16.9 Å². The van der Waals surface area contributed by atoms with Gasteiger partial charge in [0.2, 0.25) is 0 Å². The van der Waals surface area contributed by atoms with E-state index in [0.29, 0.717) is 9.79 Å². The van der Waals surface area contributed by atoms with E-state index < -0.39 is 0 Å².